The summed E-state index contributed by atoms with van der Waals surface area (Å²) in [4.78, 5) is 0. The molecular formula is C8H12Cl2. The van der Waals surface area contributed by atoms with Crippen molar-refractivity contribution in [3.63, 3.8) is 0 Å². The highest BCUT2D eigenvalue weighted by Crippen LogP contribution is 2.13. The van der Waals surface area contributed by atoms with Crippen molar-refractivity contribution < 1.29 is 0 Å². The van der Waals surface area contributed by atoms with Crippen LogP contribution in [0.1, 0.15) is 13.3 Å². The number of hydrogen-bond donors (Lipinski definition) is 0. The second-order valence-electron chi connectivity index (χ2n) is 1.99. The molecule has 0 nitrogen and oxygen atoms in total. The fourth-order valence-corrected chi connectivity index (χ4v) is 1.09. The van der Waals surface area contributed by atoms with Gasteiger partial charge < -0.3 is 0 Å². The summed E-state index contributed by atoms with van der Waals surface area (Å²) in [5.41, 5.74) is 2.15. The molecule has 10 heavy (non-hydrogen) atoms. The standard InChI is InChI=1S/C8H12Cl2/c1-3-8(4-5-9)7(2)6-10/h3H,2,4-6H2,1H3. The highest BCUT2D eigenvalue weighted by molar-refractivity contribution is 6.20. The Morgan fingerprint density at radius 2 is 2.10 bits per heavy atom. The molecule has 0 aromatic carbocycles. The van der Waals surface area contributed by atoms with Crippen molar-refractivity contribution in [2.45, 2.75) is 13.3 Å². The van der Waals surface area contributed by atoms with Crippen LogP contribution in [0.5, 0.6) is 0 Å². The van der Waals surface area contributed by atoms with Crippen LogP contribution < -0.4 is 0 Å². The quantitative estimate of drug-likeness (QED) is 0.458. The number of hydrogen-bond acceptors (Lipinski definition) is 0. The Kier molecular flexibility index (Phi) is 5.85. The predicted octanol–water partition coefficient (Wildman–Crippen LogP) is 3.36. The Hall–Kier alpha value is 0.0600. The van der Waals surface area contributed by atoms with Gasteiger partial charge in [0.25, 0.3) is 0 Å². The van der Waals surface area contributed by atoms with Gasteiger partial charge in [-0.2, -0.15) is 0 Å². The summed E-state index contributed by atoms with van der Waals surface area (Å²) in [6, 6.07) is 0. The van der Waals surface area contributed by atoms with Crippen LogP contribution in [-0.2, 0) is 0 Å². The van der Waals surface area contributed by atoms with Crippen molar-refractivity contribution in [2.24, 2.45) is 0 Å². The lowest BCUT2D eigenvalue weighted by Gasteiger charge is -2.03. The Balaban J connectivity index is 3.95. The number of allylic oxidation sites excluding steroid dienone is 3. The van der Waals surface area contributed by atoms with Crippen molar-refractivity contribution in [2.75, 3.05) is 11.8 Å². The first kappa shape index (κ1) is 10.1. The molecule has 0 amide bonds. The lowest BCUT2D eigenvalue weighted by molar-refractivity contribution is 1.11. The molecule has 0 aliphatic carbocycles. The highest BCUT2D eigenvalue weighted by atomic mass is 35.5. The summed E-state index contributed by atoms with van der Waals surface area (Å²) in [6.45, 7) is 5.78. The highest BCUT2D eigenvalue weighted by Gasteiger charge is 1.98. The lowest BCUT2D eigenvalue weighted by atomic mass is 10.1. The minimum atomic E-state index is 0.497. The first-order valence-electron chi connectivity index (χ1n) is 3.21. The van der Waals surface area contributed by atoms with Crippen LogP contribution >= 0.6 is 23.2 Å². The molecule has 0 unspecified atom stereocenters. The van der Waals surface area contributed by atoms with E-state index in [0.717, 1.165) is 12.0 Å². The van der Waals surface area contributed by atoms with E-state index in [2.05, 4.69) is 6.58 Å². The minimum absolute atomic E-state index is 0.497. The molecule has 0 saturated carbocycles. The predicted molar refractivity (Wildman–Crippen MR) is 49.0 cm³/mol. The van der Waals surface area contributed by atoms with Crippen LogP contribution in [-0.4, -0.2) is 11.8 Å². The first-order chi connectivity index (χ1) is 4.76. The van der Waals surface area contributed by atoms with E-state index in [4.69, 9.17) is 23.2 Å². The number of halogens is 2. The van der Waals surface area contributed by atoms with E-state index in [1.807, 2.05) is 13.0 Å². The van der Waals surface area contributed by atoms with Crippen LogP contribution in [0.15, 0.2) is 23.8 Å². The molecule has 0 aromatic rings. The minimum Gasteiger partial charge on any atom is -0.126 e. The van der Waals surface area contributed by atoms with Gasteiger partial charge in [0, 0.05) is 11.8 Å². The average molecular weight is 179 g/mol. The van der Waals surface area contributed by atoms with Crippen LogP contribution in [0.2, 0.25) is 0 Å². The van der Waals surface area contributed by atoms with E-state index in [-0.39, 0.29) is 0 Å². The summed E-state index contributed by atoms with van der Waals surface area (Å²) in [5, 5.41) is 0. The first-order valence-corrected chi connectivity index (χ1v) is 4.28. The van der Waals surface area contributed by atoms with Gasteiger partial charge in [-0.1, -0.05) is 12.7 Å². The second-order valence-corrected chi connectivity index (χ2v) is 2.64. The zero-order chi connectivity index (χ0) is 7.98. The van der Waals surface area contributed by atoms with Gasteiger partial charge in [-0.05, 0) is 24.5 Å². The van der Waals surface area contributed by atoms with Crippen molar-refractivity contribution in [3.05, 3.63) is 23.8 Å². The topological polar surface area (TPSA) is 0 Å². The molecule has 0 spiro atoms. The third-order valence-electron chi connectivity index (χ3n) is 1.33. The molecule has 0 rings (SSSR count). The molecule has 0 atom stereocenters. The molecule has 0 saturated heterocycles. The van der Waals surface area contributed by atoms with Gasteiger partial charge in [-0.25, -0.2) is 0 Å². The summed E-state index contributed by atoms with van der Waals surface area (Å²) in [6.07, 6.45) is 2.87. The molecule has 2 heteroatoms. The summed E-state index contributed by atoms with van der Waals surface area (Å²) in [5.74, 6) is 1.13. The number of rotatable bonds is 4. The molecule has 0 fully saturated rings. The third-order valence-corrected chi connectivity index (χ3v) is 1.84. The zero-order valence-electron chi connectivity index (χ0n) is 6.16. The molecule has 0 N–H and O–H groups in total. The van der Waals surface area contributed by atoms with Gasteiger partial charge in [-0.3, -0.25) is 0 Å². The molecular weight excluding hydrogens is 167 g/mol. The van der Waals surface area contributed by atoms with Crippen molar-refractivity contribution in [1.82, 2.24) is 0 Å². The molecule has 58 valence electrons. The van der Waals surface area contributed by atoms with Gasteiger partial charge in [0.15, 0.2) is 0 Å². The van der Waals surface area contributed by atoms with Crippen LogP contribution in [0.25, 0.3) is 0 Å². The maximum absolute atomic E-state index is 5.58. The Bertz CT molecular complexity index is 136. The summed E-state index contributed by atoms with van der Waals surface area (Å²) < 4.78 is 0. The maximum atomic E-state index is 5.58. The molecule has 0 bridgehead atoms. The van der Waals surface area contributed by atoms with E-state index in [1.165, 1.54) is 5.57 Å². The van der Waals surface area contributed by atoms with Crippen LogP contribution in [0.4, 0.5) is 0 Å². The lowest BCUT2D eigenvalue weighted by Crippen LogP contribution is -1.90. The van der Waals surface area contributed by atoms with E-state index in [0.29, 0.717) is 11.8 Å². The molecule has 0 aromatic heterocycles. The Morgan fingerprint density at radius 1 is 1.50 bits per heavy atom. The van der Waals surface area contributed by atoms with Crippen LogP contribution in [0.3, 0.4) is 0 Å². The van der Waals surface area contributed by atoms with Crippen molar-refractivity contribution >= 4 is 23.2 Å². The smallest absolute Gasteiger partial charge is 0.0470 e. The maximum Gasteiger partial charge on any atom is 0.0470 e. The number of alkyl halides is 2. The molecule has 0 aliphatic rings. The normalized spacial score (nSPS) is 11.7. The van der Waals surface area contributed by atoms with E-state index in [1.54, 1.807) is 0 Å². The second kappa shape index (κ2) is 5.82. The van der Waals surface area contributed by atoms with E-state index >= 15 is 0 Å². The van der Waals surface area contributed by atoms with Gasteiger partial charge in [0.2, 0.25) is 0 Å². The fourth-order valence-electron chi connectivity index (χ4n) is 0.713. The van der Waals surface area contributed by atoms with E-state index in [9.17, 15) is 0 Å². The molecule has 0 heterocycles. The Labute approximate surface area is 72.5 Å². The van der Waals surface area contributed by atoms with Crippen molar-refractivity contribution in [1.29, 1.82) is 0 Å². The van der Waals surface area contributed by atoms with Crippen LogP contribution in [0, 0.1) is 0 Å². The molecule has 0 aliphatic heterocycles. The van der Waals surface area contributed by atoms with Gasteiger partial charge in [-0.15, -0.1) is 23.2 Å². The third kappa shape index (κ3) is 3.28. The monoisotopic (exact) mass is 178 g/mol. The van der Waals surface area contributed by atoms with Crippen molar-refractivity contribution in [3.8, 4) is 0 Å². The Morgan fingerprint density at radius 3 is 2.40 bits per heavy atom. The largest absolute Gasteiger partial charge is 0.126 e. The summed E-state index contributed by atoms with van der Waals surface area (Å²) in [7, 11) is 0. The van der Waals surface area contributed by atoms with Gasteiger partial charge in [0.05, 0.1) is 0 Å². The summed E-state index contributed by atoms with van der Waals surface area (Å²) >= 11 is 11.1. The zero-order valence-corrected chi connectivity index (χ0v) is 7.67. The SMILES string of the molecule is C=C(CCl)C(=CC)CCCl. The van der Waals surface area contributed by atoms with E-state index < -0.39 is 0 Å². The molecule has 0 radical (unpaired) electrons. The van der Waals surface area contributed by atoms with Gasteiger partial charge >= 0.3 is 0 Å². The van der Waals surface area contributed by atoms with Gasteiger partial charge in [0.1, 0.15) is 0 Å². The fraction of sp³-hybridized carbons (Fsp3) is 0.500. The average Bonchev–Trinajstić information content (AvgIpc) is 1.99.